The van der Waals surface area contributed by atoms with Gasteiger partial charge in [0.1, 0.15) is 5.65 Å². The summed E-state index contributed by atoms with van der Waals surface area (Å²) in [5, 5.41) is 12.2. The second-order valence-corrected chi connectivity index (χ2v) is 5.44. The van der Waals surface area contributed by atoms with E-state index in [4.69, 9.17) is 5.41 Å². The van der Waals surface area contributed by atoms with Crippen molar-refractivity contribution < 1.29 is 0 Å². The molecular weight excluding hydrogens is 236 g/mol. The zero-order valence-electron chi connectivity index (χ0n) is 11.3. The van der Waals surface area contributed by atoms with E-state index in [2.05, 4.69) is 33.2 Å². The minimum absolute atomic E-state index is 0.0379. The topological polar surface area (TPSA) is 53.7 Å². The fourth-order valence-electron chi connectivity index (χ4n) is 3.30. The van der Waals surface area contributed by atoms with E-state index in [0.29, 0.717) is 5.84 Å². The first kappa shape index (κ1) is 12.2. The minimum Gasteiger partial charge on any atom is -0.377 e. The predicted molar refractivity (Wildman–Crippen MR) is 77.6 cm³/mol. The quantitative estimate of drug-likeness (QED) is 0.655. The summed E-state index contributed by atoms with van der Waals surface area (Å²) in [5.74, 6) is 0.611. The molecule has 0 atom stereocenters. The SMILES string of the molecule is CNC(=N)CC1(n2ccc3cccnc32)CCCC1. The predicted octanol–water partition coefficient (Wildman–Crippen LogP) is 2.89. The number of aromatic nitrogens is 2. The highest BCUT2D eigenvalue weighted by Gasteiger charge is 2.37. The molecule has 4 heteroatoms. The highest BCUT2D eigenvalue weighted by Crippen LogP contribution is 2.41. The molecule has 0 saturated heterocycles. The molecule has 3 rings (SSSR count). The molecule has 1 aliphatic carbocycles. The van der Waals surface area contributed by atoms with E-state index >= 15 is 0 Å². The summed E-state index contributed by atoms with van der Waals surface area (Å²) in [5.41, 5.74) is 1.09. The van der Waals surface area contributed by atoms with Crippen LogP contribution in [0.5, 0.6) is 0 Å². The standard InChI is InChI=1S/C15H20N4/c1-17-13(16)11-15(7-2-3-8-15)19-10-6-12-5-4-9-18-14(12)19/h4-6,9-10H,2-3,7-8,11H2,1H3,(H2,16,17). The average Bonchev–Trinajstić information content (AvgIpc) is 3.05. The van der Waals surface area contributed by atoms with E-state index in [9.17, 15) is 0 Å². The molecule has 2 heterocycles. The molecule has 2 N–H and O–H groups in total. The van der Waals surface area contributed by atoms with Crippen LogP contribution in [0.4, 0.5) is 0 Å². The summed E-state index contributed by atoms with van der Waals surface area (Å²) >= 11 is 0. The third-order valence-corrected chi connectivity index (χ3v) is 4.30. The Morgan fingerprint density at radius 1 is 1.42 bits per heavy atom. The van der Waals surface area contributed by atoms with E-state index in [1.165, 1.54) is 18.2 Å². The number of rotatable bonds is 3. The molecule has 0 aliphatic heterocycles. The Labute approximate surface area is 113 Å². The van der Waals surface area contributed by atoms with Crippen molar-refractivity contribution in [2.24, 2.45) is 0 Å². The fourth-order valence-corrected chi connectivity index (χ4v) is 3.30. The van der Waals surface area contributed by atoms with Crippen LogP contribution in [0.2, 0.25) is 0 Å². The van der Waals surface area contributed by atoms with E-state index in [1.807, 2.05) is 19.3 Å². The van der Waals surface area contributed by atoms with Gasteiger partial charge in [0.2, 0.25) is 0 Å². The number of nitrogens with one attached hydrogen (secondary N) is 2. The van der Waals surface area contributed by atoms with Crippen LogP contribution in [-0.2, 0) is 5.54 Å². The van der Waals surface area contributed by atoms with Gasteiger partial charge in [0.05, 0.1) is 11.4 Å². The summed E-state index contributed by atoms with van der Waals surface area (Å²) < 4.78 is 2.31. The van der Waals surface area contributed by atoms with Gasteiger partial charge in [-0.15, -0.1) is 0 Å². The number of amidine groups is 1. The van der Waals surface area contributed by atoms with Gasteiger partial charge in [-0.1, -0.05) is 12.8 Å². The van der Waals surface area contributed by atoms with Gasteiger partial charge >= 0.3 is 0 Å². The number of hydrogen-bond donors (Lipinski definition) is 2. The number of nitrogens with zero attached hydrogens (tertiary/aromatic N) is 2. The molecule has 4 nitrogen and oxygen atoms in total. The number of pyridine rings is 1. The zero-order valence-corrected chi connectivity index (χ0v) is 11.3. The van der Waals surface area contributed by atoms with E-state index in [0.717, 1.165) is 24.9 Å². The van der Waals surface area contributed by atoms with Gasteiger partial charge < -0.3 is 9.88 Å². The van der Waals surface area contributed by atoms with Gasteiger partial charge in [-0.05, 0) is 31.0 Å². The maximum Gasteiger partial charge on any atom is 0.140 e. The van der Waals surface area contributed by atoms with Crippen LogP contribution < -0.4 is 5.32 Å². The maximum absolute atomic E-state index is 7.99. The van der Waals surface area contributed by atoms with Gasteiger partial charge in [-0.3, -0.25) is 5.41 Å². The van der Waals surface area contributed by atoms with Crippen molar-refractivity contribution in [1.29, 1.82) is 5.41 Å². The molecule has 0 aromatic carbocycles. The van der Waals surface area contributed by atoms with Crippen molar-refractivity contribution in [3.8, 4) is 0 Å². The molecular formula is C15H20N4. The monoisotopic (exact) mass is 256 g/mol. The Kier molecular flexibility index (Phi) is 3.01. The van der Waals surface area contributed by atoms with Gasteiger partial charge in [0, 0.05) is 31.2 Å². The summed E-state index contributed by atoms with van der Waals surface area (Å²) in [6.07, 6.45) is 9.52. The molecule has 0 radical (unpaired) electrons. The molecule has 0 amide bonds. The lowest BCUT2D eigenvalue weighted by atomic mass is 9.92. The van der Waals surface area contributed by atoms with E-state index < -0.39 is 0 Å². The van der Waals surface area contributed by atoms with Crippen LogP contribution in [0.1, 0.15) is 32.1 Å². The van der Waals surface area contributed by atoms with Crippen molar-refractivity contribution >= 4 is 16.9 Å². The summed E-state index contributed by atoms with van der Waals surface area (Å²) in [4.78, 5) is 4.54. The molecule has 2 aromatic heterocycles. The Balaban J connectivity index is 2.07. The highest BCUT2D eigenvalue weighted by molar-refractivity contribution is 5.81. The van der Waals surface area contributed by atoms with Crippen molar-refractivity contribution in [3.63, 3.8) is 0 Å². The number of fused-ring (bicyclic) bond motifs is 1. The van der Waals surface area contributed by atoms with E-state index in [-0.39, 0.29) is 5.54 Å². The largest absolute Gasteiger partial charge is 0.377 e. The lowest BCUT2D eigenvalue weighted by Gasteiger charge is -2.32. The summed E-state index contributed by atoms with van der Waals surface area (Å²) in [6.45, 7) is 0. The zero-order chi connectivity index (χ0) is 13.3. The van der Waals surface area contributed by atoms with Crippen LogP contribution in [-0.4, -0.2) is 22.4 Å². The van der Waals surface area contributed by atoms with E-state index in [1.54, 1.807) is 0 Å². The fraction of sp³-hybridized carbons (Fsp3) is 0.467. The molecule has 19 heavy (non-hydrogen) atoms. The number of hydrogen-bond acceptors (Lipinski definition) is 2. The van der Waals surface area contributed by atoms with Crippen molar-refractivity contribution in [2.45, 2.75) is 37.6 Å². The highest BCUT2D eigenvalue weighted by atomic mass is 15.1. The van der Waals surface area contributed by atoms with Gasteiger partial charge in [0.15, 0.2) is 0 Å². The van der Waals surface area contributed by atoms with Crippen molar-refractivity contribution in [3.05, 3.63) is 30.6 Å². The molecule has 0 bridgehead atoms. The second kappa shape index (κ2) is 4.68. The molecule has 1 saturated carbocycles. The lowest BCUT2D eigenvalue weighted by molar-refractivity contribution is 0.311. The third-order valence-electron chi connectivity index (χ3n) is 4.30. The molecule has 0 unspecified atom stereocenters. The van der Waals surface area contributed by atoms with Crippen LogP contribution >= 0.6 is 0 Å². The average molecular weight is 256 g/mol. The van der Waals surface area contributed by atoms with Crippen LogP contribution in [0.25, 0.3) is 11.0 Å². The maximum atomic E-state index is 7.99. The first-order valence-corrected chi connectivity index (χ1v) is 6.93. The van der Waals surface area contributed by atoms with Crippen LogP contribution in [0.15, 0.2) is 30.6 Å². The van der Waals surface area contributed by atoms with Gasteiger partial charge in [-0.25, -0.2) is 4.98 Å². The normalized spacial score (nSPS) is 17.7. The molecule has 2 aromatic rings. The summed E-state index contributed by atoms with van der Waals surface area (Å²) in [7, 11) is 1.83. The second-order valence-electron chi connectivity index (χ2n) is 5.44. The van der Waals surface area contributed by atoms with Crippen LogP contribution in [0.3, 0.4) is 0 Å². The first-order valence-electron chi connectivity index (χ1n) is 6.93. The van der Waals surface area contributed by atoms with Gasteiger partial charge in [0.25, 0.3) is 0 Å². The molecule has 0 spiro atoms. The third kappa shape index (κ3) is 2.01. The van der Waals surface area contributed by atoms with Crippen molar-refractivity contribution in [2.75, 3.05) is 7.05 Å². The van der Waals surface area contributed by atoms with Crippen molar-refractivity contribution in [1.82, 2.24) is 14.9 Å². The lowest BCUT2D eigenvalue weighted by Crippen LogP contribution is -2.36. The molecule has 1 fully saturated rings. The molecule has 1 aliphatic rings. The first-order chi connectivity index (χ1) is 9.25. The minimum atomic E-state index is 0.0379. The molecule has 100 valence electrons. The Morgan fingerprint density at radius 2 is 2.21 bits per heavy atom. The Hall–Kier alpha value is -1.84. The Morgan fingerprint density at radius 3 is 2.95 bits per heavy atom. The smallest absolute Gasteiger partial charge is 0.140 e. The van der Waals surface area contributed by atoms with Gasteiger partial charge in [-0.2, -0.15) is 0 Å². The van der Waals surface area contributed by atoms with Crippen LogP contribution in [0, 0.1) is 5.41 Å². The summed E-state index contributed by atoms with van der Waals surface area (Å²) in [6, 6.07) is 6.21. The Bertz CT molecular complexity index is 593.